The molecule has 0 fully saturated rings. The summed E-state index contributed by atoms with van der Waals surface area (Å²) in [5.74, 6) is 1.97. The van der Waals surface area contributed by atoms with Crippen molar-refractivity contribution in [1.82, 2.24) is 0 Å². The molecule has 0 saturated carbocycles. The first-order valence-corrected chi connectivity index (χ1v) is 7.65. The molecule has 1 aromatic carbocycles. The standard InChI is InChI=1S/C12H18BrNOS/c1-9(2)3-4-16(15)8-10-5-11(13)7-12(14)6-10/h5-7,9H,3-4,8,14H2,1-2H3. The van der Waals surface area contributed by atoms with E-state index in [-0.39, 0.29) is 0 Å². The second-order valence-corrected chi connectivity index (χ2v) is 6.86. The lowest BCUT2D eigenvalue weighted by atomic mass is 10.2. The number of anilines is 1. The van der Waals surface area contributed by atoms with Gasteiger partial charge in [-0.15, -0.1) is 0 Å². The molecular formula is C12H18BrNOS. The minimum absolute atomic E-state index is 0.594. The fraction of sp³-hybridized carbons (Fsp3) is 0.500. The average Bonchev–Trinajstić information content (AvgIpc) is 2.12. The number of nitrogen functional groups attached to an aromatic ring is 1. The van der Waals surface area contributed by atoms with Crippen LogP contribution in [0.1, 0.15) is 25.8 Å². The third-order valence-corrected chi connectivity index (χ3v) is 4.03. The zero-order valence-corrected chi connectivity index (χ0v) is 12.1. The van der Waals surface area contributed by atoms with Gasteiger partial charge < -0.3 is 5.73 Å². The van der Waals surface area contributed by atoms with Crippen LogP contribution < -0.4 is 5.73 Å². The summed E-state index contributed by atoms with van der Waals surface area (Å²) in [7, 11) is -0.785. The molecule has 0 spiro atoms. The molecule has 0 amide bonds. The van der Waals surface area contributed by atoms with Crippen molar-refractivity contribution in [3.63, 3.8) is 0 Å². The van der Waals surface area contributed by atoms with Gasteiger partial charge >= 0.3 is 0 Å². The highest BCUT2D eigenvalue weighted by molar-refractivity contribution is 9.10. The zero-order chi connectivity index (χ0) is 12.1. The summed E-state index contributed by atoms with van der Waals surface area (Å²) in [5, 5.41) is 0. The van der Waals surface area contributed by atoms with Crippen molar-refractivity contribution in [3.8, 4) is 0 Å². The monoisotopic (exact) mass is 303 g/mol. The minimum atomic E-state index is -0.785. The SMILES string of the molecule is CC(C)CCS(=O)Cc1cc(N)cc(Br)c1. The molecule has 1 aromatic rings. The molecule has 0 aliphatic heterocycles. The molecule has 1 atom stereocenters. The van der Waals surface area contributed by atoms with Crippen molar-refractivity contribution >= 4 is 32.4 Å². The van der Waals surface area contributed by atoms with Gasteiger partial charge in [0.25, 0.3) is 0 Å². The number of nitrogens with two attached hydrogens (primary N) is 1. The van der Waals surface area contributed by atoms with E-state index in [1.54, 1.807) is 0 Å². The Morgan fingerprint density at radius 1 is 1.38 bits per heavy atom. The molecule has 1 unspecified atom stereocenters. The maximum Gasteiger partial charge on any atom is 0.0486 e. The summed E-state index contributed by atoms with van der Waals surface area (Å²) in [5.41, 5.74) is 7.48. The highest BCUT2D eigenvalue weighted by Crippen LogP contribution is 2.18. The second kappa shape index (κ2) is 6.40. The molecule has 16 heavy (non-hydrogen) atoms. The van der Waals surface area contributed by atoms with Crippen molar-refractivity contribution in [3.05, 3.63) is 28.2 Å². The summed E-state index contributed by atoms with van der Waals surface area (Å²) in [6.45, 7) is 4.29. The predicted molar refractivity (Wildman–Crippen MR) is 74.7 cm³/mol. The number of hydrogen-bond acceptors (Lipinski definition) is 2. The number of benzene rings is 1. The highest BCUT2D eigenvalue weighted by Gasteiger charge is 2.05. The van der Waals surface area contributed by atoms with Crippen molar-refractivity contribution in [1.29, 1.82) is 0 Å². The number of hydrogen-bond donors (Lipinski definition) is 1. The van der Waals surface area contributed by atoms with E-state index in [0.29, 0.717) is 17.4 Å². The van der Waals surface area contributed by atoms with Crippen LogP contribution in [0.5, 0.6) is 0 Å². The fourth-order valence-corrected chi connectivity index (χ4v) is 3.36. The Morgan fingerprint density at radius 3 is 2.62 bits per heavy atom. The van der Waals surface area contributed by atoms with E-state index in [2.05, 4.69) is 29.8 Å². The van der Waals surface area contributed by atoms with Crippen LogP contribution in [0, 0.1) is 5.92 Å². The van der Waals surface area contributed by atoms with Gasteiger partial charge in [0.2, 0.25) is 0 Å². The first-order valence-electron chi connectivity index (χ1n) is 5.37. The maximum absolute atomic E-state index is 11.8. The van der Waals surface area contributed by atoms with Gasteiger partial charge in [-0.2, -0.15) is 0 Å². The number of rotatable bonds is 5. The van der Waals surface area contributed by atoms with E-state index in [4.69, 9.17) is 5.73 Å². The van der Waals surface area contributed by atoms with Crippen LogP contribution in [0.15, 0.2) is 22.7 Å². The van der Waals surface area contributed by atoms with Crippen molar-refractivity contribution < 1.29 is 4.21 Å². The van der Waals surface area contributed by atoms with Gasteiger partial charge in [-0.25, -0.2) is 0 Å². The van der Waals surface area contributed by atoms with E-state index in [0.717, 1.165) is 22.2 Å². The van der Waals surface area contributed by atoms with Gasteiger partial charge in [0.1, 0.15) is 0 Å². The molecule has 0 aliphatic carbocycles. The Bertz CT molecular complexity index is 359. The summed E-state index contributed by atoms with van der Waals surface area (Å²) in [6.07, 6.45) is 1.01. The molecule has 0 aliphatic rings. The molecule has 4 heteroatoms. The van der Waals surface area contributed by atoms with Crippen molar-refractivity contribution in [2.24, 2.45) is 5.92 Å². The Morgan fingerprint density at radius 2 is 2.06 bits per heavy atom. The van der Waals surface area contributed by atoms with E-state index >= 15 is 0 Å². The smallest absolute Gasteiger partial charge is 0.0486 e. The predicted octanol–water partition coefficient (Wildman–Crippen LogP) is 3.33. The quantitative estimate of drug-likeness (QED) is 0.848. The van der Waals surface area contributed by atoms with Crippen molar-refractivity contribution in [2.75, 3.05) is 11.5 Å². The van der Waals surface area contributed by atoms with Crippen LogP contribution in [-0.2, 0) is 16.6 Å². The Labute approximate surface area is 108 Å². The largest absolute Gasteiger partial charge is 0.399 e. The Kier molecular flexibility index (Phi) is 5.49. The summed E-state index contributed by atoms with van der Waals surface area (Å²) in [6, 6.07) is 5.71. The first-order chi connectivity index (χ1) is 7.47. The van der Waals surface area contributed by atoms with Crippen LogP contribution in [-0.4, -0.2) is 9.96 Å². The second-order valence-electron chi connectivity index (χ2n) is 4.36. The third kappa shape index (κ3) is 5.12. The molecule has 1 rings (SSSR count). The van der Waals surface area contributed by atoms with Gasteiger partial charge in [-0.1, -0.05) is 29.8 Å². The fourth-order valence-electron chi connectivity index (χ4n) is 1.38. The van der Waals surface area contributed by atoms with E-state index in [1.165, 1.54) is 0 Å². The molecule has 0 radical (unpaired) electrons. The molecule has 2 nitrogen and oxygen atoms in total. The normalized spacial score (nSPS) is 13.0. The van der Waals surface area contributed by atoms with Crippen LogP contribution >= 0.6 is 15.9 Å². The molecule has 0 heterocycles. The van der Waals surface area contributed by atoms with Gasteiger partial charge in [0.15, 0.2) is 0 Å². The summed E-state index contributed by atoms with van der Waals surface area (Å²) < 4.78 is 12.7. The Balaban J connectivity index is 2.56. The zero-order valence-electron chi connectivity index (χ0n) is 9.70. The molecule has 0 bridgehead atoms. The van der Waals surface area contributed by atoms with E-state index in [1.807, 2.05) is 18.2 Å². The highest BCUT2D eigenvalue weighted by atomic mass is 79.9. The molecule has 0 saturated heterocycles. The van der Waals surface area contributed by atoms with Crippen LogP contribution in [0.4, 0.5) is 5.69 Å². The third-order valence-electron chi connectivity index (χ3n) is 2.23. The van der Waals surface area contributed by atoms with Crippen molar-refractivity contribution in [2.45, 2.75) is 26.0 Å². The lowest BCUT2D eigenvalue weighted by Gasteiger charge is -2.06. The topological polar surface area (TPSA) is 43.1 Å². The van der Waals surface area contributed by atoms with Crippen LogP contribution in [0.3, 0.4) is 0 Å². The first kappa shape index (κ1) is 13.7. The maximum atomic E-state index is 11.8. The van der Waals surface area contributed by atoms with Crippen LogP contribution in [0.2, 0.25) is 0 Å². The number of halogens is 1. The van der Waals surface area contributed by atoms with E-state index in [9.17, 15) is 4.21 Å². The molecule has 2 N–H and O–H groups in total. The van der Waals surface area contributed by atoms with Gasteiger partial charge in [-0.3, -0.25) is 4.21 Å². The lowest BCUT2D eigenvalue weighted by molar-refractivity contribution is 0.619. The Hall–Kier alpha value is -0.350. The van der Waals surface area contributed by atoms with Crippen LogP contribution in [0.25, 0.3) is 0 Å². The van der Waals surface area contributed by atoms with E-state index < -0.39 is 10.8 Å². The summed E-state index contributed by atoms with van der Waals surface area (Å²) >= 11 is 3.39. The summed E-state index contributed by atoms with van der Waals surface area (Å²) in [4.78, 5) is 0. The molecule has 90 valence electrons. The molecular weight excluding hydrogens is 286 g/mol. The van der Waals surface area contributed by atoms with Gasteiger partial charge in [-0.05, 0) is 36.1 Å². The van der Waals surface area contributed by atoms with Gasteiger partial charge in [0.05, 0.1) is 0 Å². The molecule has 0 aromatic heterocycles. The lowest BCUT2D eigenvalue weighted by Crippen LogP contribution is -2.04. The minimum Gasteiger partial charge on any atom is -0.399 e. The average molecular weight is 304 g/mol. The van der Waals surface area contributed by atoms with Gasteiger partial charge in [0, 0.05) is 32.5 Å².